The molecule has 2 aliphatic heterocycles. The lowest BCUT2D eigenvalue weighted by Gasteiger charge is -2.36. The molecule has 4 rings (SSSR count). The van der Waals surface area contributed by atoms with Crippen LogP contribution in [-0.2, 0) is 0 Å². The summed E-state index contributed by atoms with van der Waals surface area (Å²) in [7, 11) is 0. The van der Waals surface area contributed by atoms with Crippen LogP contribution in [0.25, 0.3) is 11.1 Å². The summed E-state index contributed by atoms with van der Waals surface area (Å²) in [4.78, 5) is 0. The molecule has 2 nitrogen and oxygen atoms in total. The number of hydrogen-bond acceptors (Lipinski definition) is 2. The van der Waals surface area contributed by atoms with Crippen LogP contribution in [0, 0.1) is 5.92 Å². The number of piperidine rings is 1. The van der Waals surface area contributed by atoms with Gasteiger partial charge in [0.2, 0.25) is 0 Å². The smallest absolute Gasteiger partial charge is 0.128 e. The van der Waals surface area contributed by atoms with Crippen molar-refractivity contribution in [3.8, 4) is 16.9 Å². The molecule has 1 saturated heterocycles. The molecule has 20 heavy (non-hydrogen) atoms. The lowest BCUT2D eigenvalue weighted by Crippen LogP contribution is -2.36. The van der Waals surface area contributed by atoms with Crippen LogP contribution < -0.4 is 10.1 Å². The van der Waals surface area contributed by atoms with Gasteiger partial charge in [0.05, 0.1) is 0 Å². The van der Waals surface area contributed by atoms with Crippen molar-refractivity contribution in [1.29, 1.82) is 0 Å². The van der Waals surface area contributed by atoms with Crippen molar-refractivity contribution >= 4 is 0 Å². The van der Waals surface area contributed by atoms with E-state index < -0.39 is 0 Å². The zero-order chi connectivity index (χ0) is 13.4. The van der Waals surface area contributed by atoms with E-state index in [1.165, 1.54) is 29.5 Å². The molecule has 2 aliphatic rings. The zero-order valence-corrected chi connectivity index (χ0v) is 11.5. The van der Waals surface area contributed by atoms with Gasteiger partial charge >= 0.3 is 0 Å². The second-order valence-corrected chi connectivity index (χ2v) is 5.73. The Morgan fingerprint density at radius 3 is 2.60 bits per heavy atom. The zero-order valence-electron chi connectivity index (χ0n) is 11.5. The van der Waals surface area contributed by atoms with Crippen LogP contribution in [-0.4, -0.2) is 13.1 Å². The fourth-order valence-corrected chi connectivity index (χ4v) is 3.47. The molecule has 1 fully saturated rings. The van der Waals surface area contributed by atoms with Gasteiger partial charge in [-0.15, -0.1) is 0 Å². The minimum atomic E-state index is 0.189. The van der Waals surface area contributed by atoms with Crippen LogP contribution in [0.4, 0.5) is 0 Å². The molecule has 0 bridgehead atoms. The van der Waals surface area contributed by atoms with Gasteiger partial charge in [-0.05, 0) is 31.0 Å². The predicted octanol–water partition coefficient (Wildman–Crippen LogP) is 3.79. The first kappa shape index (κ1) is 12.0. The van der Waals surface area contributed by atoms with Crippen LogP contribution in [0.15, 0.2) is 48.5 Å². The lowest BCUT2D eigenvalue weighted by molar-refractivity contribution is 0.113. The van der Waals surface area contributed by atoms with Crippen molar-refractivity contribution in [3.63, 3.8) is 0 Å². The molecule has 2 heteroatoms. The average molecular weight is 265 g/mol. The maximum Gasteiger partial charge on any atom is 0.128 e. The van der Waals surface area contributed by atoms with Crippen LogP contribution >= 0.6 is 0 Å². The molecule has 0 saturated carbocycles. The molecule has 2 atom stereocenters. The maximum absolute atomic E-state index is 6.36. The molecule has 2 unspecified atom stereocenters. The van der Waals surface area contributed by atoms with E-state index >= 15 is 0 Å². The molecule has 2 aromatic carbocycles. The fourth-order valence-electron chi connectivity index (χ4n) is 3.47. The summed E-state index contributed by atoms with van der Waals surface area (Å²) >= 11 is 0. The summed E-state index contributed by atoms with van der Waals surface area (Å²) < 4.78 is 6.36. The molecule has 0 aliphatic carbocycles. The Hall–Kier alpha value is -1.80. The van der Waals surface area contributed by atoms with E-state index in [0.29, 0.717) is 5.92 Å². The van der Waals surface area contributed by atoms with Gasteiger partial charge < -0.3 is 10.1 Å². The summed E-state index contributed by atoms with van der Waals surface area (Å²) in [6, 6.07) is 17.1. The summed E-state index contributed by atoms with van der Waals surface area (Å²) in [5.74, 6) is 1.60. The predicted molar refractivity (Wildman–Crippen MR) is 80.8 cm³/mol. The highest BCUT2D eigenvalue weighted by molar-refractivity contribution is 5.75. The number of benzene rings is 2. The van der Waals surface area contributed by atoms with Crippen LogP contribution in [0.2, 0.25) is 0 Å². The molecular weight excluding hydrogens is 246 g/mol. The van der Waals surface area contributed by atoms with Gasteiger partial charge in [-0.1, -0.05) is 42.5 Å². The first-order chi connectivity index (χ1) is 9.93. The molecule has 0 spiro atoms. The van der Waals surface area contributed by atoms with Crippen molar-refractivity contribution in [2.45, 2.75) is 18.9 Å². The average Bonchev–Trinajstić information content (AvgIpc) is 2.55. The fraction of sp³-hybridized carbons (Fsp3) is 0.333. The lowest BCUT2D eigenvalue weighted by atomic mass is 9.84. The normalized spacial score (nSPS) is 24.4. The van der Waals surface area contributed by atoms with Crippen molar-refractivity contribution in [1.82, 2.24) is 5.32 Å². The number of rotatable bonds is 1. The van der Waals surface area contributed by atoms with Gasteiger partial charge in [0.1, 0.15) is 11.9 Å². The number of hydrogen-bond donors (Lipinski definition) is 1. The first-order valence-corrected chi connectivity index (χ1v) is 7.49. The molecule has 2 aromatic rings. The molecule has 0 aromatic heterocycles. The van der Waals surface area contributed by atoms with Gasteiger partial charge in [-0.3, -0.25) is 0 Å². The Kier molecular flexibility index (Phi) is 2.96. The monoisotopic (exact) mass is 265 g/mol. The Bertz CT molecular complexity index is 616. The highest BCUT2D eigenvalue weighted by Gasteiger charge is 2.32. The Labute approximate surface area is 119 Å². The summed E-state index contributed by atoms with van der Waals surface area (Å²) in [5.41, 5.74) is 3.91. The van der Waals surface area contributed by atoms with E-state index in [1.807, 2.05) is 0 Å². The van der Waals surface area contributed by atoms with Gasteiger partial charge in [-0.2, -0.15) is 0 Å². The van der Waals surface area contributed by atoms with Gasteiger partial charge in [0, 0.05) is 23.6 Å². The van der Waals surface area contributed by atoms with Gasteiger partial charge in [0.15, 0.2) is 0 Å². The first-order valence-electron chi connectivity index (χ1n) is 7.49. The molecule has 1 N–H and O–H groups in total. The van der Waals surface area contributed by atoms with Crippen LogP contribution in [0.5, 0.6) is 5.75 Å². The van der Waals surface area contributed by atoms with Gasteiger partial charge in [-0.25, -0.2) is 0 Å². The third-order valence-corrected chi connectivity index (χ3v) is 4.46. The van der Waals surface area contributed by atoms with E-state index in [0.717, 1.165) is 18.8 Å². The second-order valence-electron chi connectivity index (χ2n) is 5.73. The highest BCUT2D eigenvalue weighted by Crippen LogP contribution is 2.45. The topological polar surface area (TPSA) is 21.3 Å². The maximum atomic E-state index is 6.36. The third kappa shape index (κ3) is 1.92. The molecular formula is C18H19NO. The van der Waals surface area contributed by atoms with Crippen molar-refractivity contribution in [2.75, 3.05) is 13.1 Å². The number of para-hydroxylation sites is 1. The summed E-state index contributed by atoms with van der Waals surface area (Å²) in [6.45, 7) is 2.20. The highest BCUT2D eigenvalue weighted by atomic mass is 16.5. The molecule has 102 valence electrons. The van der Waals surface area contributed by atoms with E-state index in [4.69, 9.17) is 4.74 Å². The second kappa shape index (κ2) is 4.95. The minimum Gasteiger partial charge on any atom is -0.485 e. The number of fused-ring (bicyclic) bond motifs is 3. The van der Waals surface area contributed by atoms with Crippen LogP contribution in [0.1, 0.15) is 24.5 Å². The Morgan fingerprint density at radius 2 is 1.75 bits per heavy atom. The molecule has 0 radical (unpaired) electrons. The summed E-state index contributed by atoms with van der Waals surface area (Å²) in [6.07, 6.45) is 2.68. The largest absolute Gasteiger partial charge is 0.485 e. The van der Waals surface area contributed by atoms with E-state index in [-0.39, 0.29) is 6.10 Å². The van der Waals surface area contributed by atoms with E-state index in [2.05, 4.69) is 53.8 Å². The summed E-state index contributed by atoms with van der Waals surface area (Å²) in [5, 5.41) is 3.51. The van der Waals surface area contributed by atoms with Crippen molar-refractivity contribution in [2.24, 2.45) is 5.92 Å². The van der Waals surface area contributed by atoms with Crippen LogP contribution in [0.3, 0.4) is 0 Å². The number of ether oxygens (including phenoxy) is 1. The van der Waals surface area contributed by atoms with Crippen molar-refractivity contribution in [3.05, 3.63) is 54.1 Å². The van der Waals surface area contributed by atoms with Crippen molar-refractivity contribution < 1.29 is 4.74 Å². The van der Waals surface area contributed by atoms with Gasteiger partial charge in [0.25, 0.3) is 0 Å². The van der Waals surface area contributed by atoms with E-state index in [9.17, 15) is 0 Å². The Morgan fingerprint density at radius 1 is 0.950 bits per heavy atom. The minimum absolute atomic E-state index is 0.189. The number of nitrogens with one attached hydrogen (secondary N) is 1. The molecule has 2 heterocycles. The van der Waals surface area contributed by atoms with E-state index in [1.54, 1.807) is 0 Å². The molecule has 0 amide bonds. The standard InChI is InChI=1S/C18H19NO/c1-2-9-16-14(7-1)15-8-3-4-10-17(15)20-18(16)13-6-5-11-19-12-13/h1-4,7-10,13,18-19H,5-6,11-12H2. The SMILES string of the molecule is c1ccc2c(c1)OC(C1CCCNC1)c1ccccc1-2. The Balaban J connectivity index is 1.80. The third-order valence-electron chi connectivity index (χ3n) is 4.46. The quantitative estimate of drug-likeness (QED) is 0.847.